The number of ether oxygens (including phenoxy) is 1. The smallest absolute Gasteiger partial charge is 0.305 e. The van der Waals surface area contributed by atoms with Crippen molar-refractivity contribution in [1.82, 2.24) is 0 Å². The summed E-state index contributed by atoms with van der Waals surface area (Å²) in [5.74, 6) is 0.286. The van der Waals surface area contributed by atoms with E-state index in [0.717, 1.165) is 51.4 Å². The summed E-state index contributed by atoms with van der Waals surface area (Å²) in [6.45, 7) is 2.04. The average Bonchev–Trinajstić information content (AvgIpc) is 2.32. The molecule has 3 heteroatoms. The maximum absolute atomic E-state index is 11.2. The van der Waals surface area contributed by atoms with Gasteiger partial charge in [-0.05, 0) is 19.3 Å². The van der Waals surface area contributed by atoms with Crippen molar-refractivity contribution >= 4 is 11.8 Å². The van der Waals surface area contributed by atoms with Crippen molar-refractivity contribution in [3.63, 3.8) is 0 Å². The van der Waals surface area contributed by atoms with Gasteiger partial charge in [0.1, 0.15) is 5.78 Å². The number of carbonyl (C=O) groups excluding carboxylic acids is 2. The monoisotopic (exact) mass is 242 g/mol. The van der Waals surface area contributed by atoms with Crippen LogP contribution in [-0.4, -0.2) is 18.9 Å². The number of carbonyl (C=O) groups is 2. The molecular formula is C14H26O3. The highest BCUT2D eigenvalue weighted by atomic mass is 16.5. The molecule has 0 aliphatic heterocycles. The number of hydrogen-bond donors (Lipinski definition) is 0. The third kappa shape index (κ3) is 11.4. The summed E-state index contributed by atoms with van der Waals surface area (Å²) in [5, 5.41) is 0. The molecule has 0 N–H and O–H groups in total. The Balaban J connectivity index is 3.13. The molecule has 0 bridgehead atoms. The fraction of sp³-hybridized carbons (Fsp3) is 0.857. The average molecular weight is 242 g/mol. The number of unbranched alkanes of at least 4 members (excludes halogenated alkanes) is 5. The first-order chi connectivity index (χ1) is 8.20. The van der Waals surface area contributed by atoms with Gasteiger partial charge in [0.15, 0.2) is 0 Å². The number of Topliss-reactive ketones (excluding diaryl/α,β-unsaturated/α-hetero) is 1. The molecule has 0 atom stereocenters. The van der Waals surface area contributed by atoms with Gasteiger partial charge in [-0.2, -0.15) is 0 Å². The molecule has 0 fully saturated rings. The van der Waals surface area contributed by atoms with Crippen molar-refractivity contribution in [3.8, 4) is 0 Å². The second-order valence-corrected chi connectivity index (χ2v) is 4.49. The molecule has 0 spiro atoms. The van der Waals surface area contributed by atoms with Crippen molar-refractivity contribution < 1.29 is 14.3 Å². The van der Waals surface area contributed by atoms with Gasteiger partial charge in [-0.1, -0.05) is 32.6 Å². The first-order valence-corrected chi connectivity index (χ1v) is 6.79. The number of methoxy groups -OCH3 is 1. The minimum absolute atomic E-state index is 0.116. The highest BCUT2D eigenvalue weighted by Crippen LogP contribution is 2.10. The standard InChI is InChI=1S/C14H26O3/c1-3-10-13(15)11-8-6-4-5-7-9-12-14(16)17-2/h3-12H2,1-2H3. The third-order valence-corrected chi connectivity index (χ3v) is 2.84. The van der Waals surface area contributed by atoms with E-state index >= 15 is 0 Å². The largest absolute Gasteiger partial charge is 0.469 e. The second kappa shape index (κ2) is 11.6. The fourth-order valence-corrected chi connectivity index (χ4v) is 1.80. The quantitative estimate of drug-likeness (QED) is 0.410. The van der Waals surface area contributed by atoms with Gasteiger partial charge >= 0.3 is 5.97 Å². The van der Waals surface area contributed by atoms with Crippen molar-refractivity contribution in [1.29, 1.82) is 0 Å². The van der Waals surface area contributed by atoms with E-state index in [4.69, 9.17) is 0 Å². The van der Waals surface area contributed by atoms with E-state index in [1.165, 1.54) is 13.5 Å². The summed E-state index contributed by atoms with van der Waals surface area (Å²) in [7, 11) is 1.43. The lowest BCUT2D eigenvalue weighted by atomic mass is 10.1. The van der Waals surface area contributed by atoms with E-state index in [9.17, 15) is 9.59 Å². The summed E-state index contributed by atoms with van der Waals surface area (Å²) >= 11 is 0. The minimum Gasteiger partial charge on any atom is -0.469 e. The van der Waals surface area contributed by atoms with Gasteiger partial charge in [0.2, 0.25) is 0 Å². The molecule has 100 valence electrons. The predicted octanol–water partition coefficient (Wildman–Crippen LogP) is 3.65. The van der Waals surface area contributed by atoms with Crippen LogP contribution in [0.4, 0.5) is 0 Å². The zero-order valence-electron chi connectivity index (χ0n) is 11.3. The Hall–Kier alpha value is -0.860. The third-order valence-electron chi connectivity index (χ3n) is 2.84. The van der Waals surface area contributed by atoms with Crippen LogP contribution in [0.3, 0.4) is 0 Å². The summed E-state index contributed by atoms with van der Waals surface area (Å²) in [6, 6.07) is 0. The molecule has 0 saturated heterocycles. The van der Waals surface area contributed by atoms with E-state index in [-0.39, 0.29) is 5.97 Å². The highest BCUT2D eigenvalue weighted by molar-refractivity contribution is 5.78. The van der Waals surface area contributed by atoms with E-state index in [2.05, 4.69) is 4.74 Å². The number of ketones is 1. The molecule has 0 amide bonds. The van der Waals surface area contributed by atoms with Gasteiger partial charge in [-0.25, -0.2) is 0 Å². The number of rotatable bonds is 11. The number of hydrogen-bond acceptors (Lipinski definition) is 3. The van der Waals surface area contributed by atoms with Crippen molar-refractivity contribution in [2.45, 2.75) is 71.1 Å². The Labute approximate surface area is 105 Å². The van der Waals surface area contributed by atoms with Crippen LogP contribution in [0.25, 0.3) is 0 Å². The SMILES string of the molecule is CCCC(=O)CCCCCCCCC(=O)OC. The van der Waals surface area contributed by atoms with Crippen molar-refractivity contribution in [2.75, 3.05) is 7.11 Å². The molecule has 0 heterocycles. The van der Waals surface area contributed by atoms with E-state index in [0.29, 0.717) is 12.2 Å². The van der Waals surface area contributed by atoms with Crippen LogP contribution in [0.1, 0.15) is 71.1 Å². The van der Waals surface area contributed by atoms with Gasteiger partial charge in [0, 0.05) is 19.3 Å². The lowest BCUT2D eigenvalue weighted by Crippen LogP contribution is -1.99. The Morgan fingerprint density at radius 2 is 1.35 bits per heavy atom. The molecule has 0 aromatic carbocycles. The van der Waals surface area contributed by atoms with Crippen LogP contribution >= 0.6 is 0 Å². The first-order valence-electron chi connectivity index (χ1n) is 6.79. The maximum atomic E-state index is 11.2. The van der Waals surface area contributed by atoms with Crippen LogP contribution in [0.15, 0.2) is 0 Å². The van der Waals surface area contributed by atoms with Gasteiger partial charge in [-0.15, -0.1) is 0 Å². The first kappa shape index (κ1) is 16.1. The lowest BCUT2D eigenvalue weighted by molar-refractivity contribution is -0.140. The Bertz CT molecular complexity index is 212. The van der Waals surface area contributed by atoms with Crippen LogP contribution in [0, 0.1) is 0 Å². The zero-order chi connectivity index (χ0) is 12.9. The fourth-order valence-electron chi connectivity index (χ4n) is 1.80. The Morgan fingerprint density at radius 1 is 0.824 bits per heavy atom. The zero-order valence-corrected chi connectivity index (χ0v) is 11.3. The molecule has 3 nitrogen and oxygen atoms in total. The Kier molecular flexibility index (Phi) is 11.0. The minimum atomic E-state index is -0.116. The molecule has 0 saturated carbocycles. The Morgan fingerprint density at radius 3 is 1.88 bits per heavy atom. The van der Waals surface area contributed by atoms with Gasteiger partial charge in [-0.3, -0.25) is 9.59 Å². The topological polar surface area (TPSA) is 43.4 Å². The van der Waals surface area contributed by atoms with Crippen LogP contribution < -0.4 is 0 Å². The molecule has 0 aromatic rings. The summed E-state index contributed by atoms with van der Waals surface area (Å²) < 4.78 is 4.57. The summed E-state index contributed by atoms with van der Waals surface area (Å²) in [5.41, 5.74) is 0. The summed E-state index contributed by atoms with van der Waals surface area (Å²) in [6.07, 6.45) is 9.45. The van der Waals surface area contributed by atoms with E-state index in [1.54, 1.807) is 0 Å². The molecule has 0 radical (unpaired) electrons. The molecular weight excluding hydrogens is 216 g/mol. The van der Waals surface area contributed by atoms with E-state index < -0.39 is 0 Å². The van der Waals surface area contributed by atoms with Gasteiger partial charge in [0.05, 0.1) is 7.11 Å². The lowest BCUT2D eigenvalue weighted by Gasteiger charge is -2.01. The molecule has 0 aromatic heterocycles. The van der Waals surface area contributed by atoms with Crippen LogP contribution in [-0.2, 0) is 14.3 Å². The van der Waals surface area contributed by atoms with Crippen molar-refractivity contribution in [2.24, 2.45) is 0 Å². The van der Waals surface area contributed by atoms with Gasteiger partial charge < -0.3 is 4.74 Å². The highest BCUT2D eigenvalue weighted by Gasteiger charge is 2.01. The van der Waals surface area contributed by atoms with Crippen LogP contribution in [0.2, 0.25) is 0 Å². The molecule has 0 aliphatic rings. The maximum Gasteiger partial charge on any atom is 0.305 e. The van der Waals surface area contributed by atoms with Gasteiger partial charge in [0.25, 0.3) is 0 Å². The predicted molar refractivity (Wildman–Crippen MR) is 68.9 cm³/mol. The summed E-state index contributed by atoms with van der Waals surface area (Å²) in [4.78, 5) is 22.1. The van der Waals surface area contributed by atoms with Crippen molar-refractivity contribution in [3.05, 3.63) is 0 Å². The van der Waals surface area contributed by atoms with Crippen LogP contribution in [0.5, 0.6) is 0 Å². The number of esters is 1. The van der Waals surface area contributed by atoms with E-state index in [1.807, 2.05) is 6.92 Å². The second-order valence-electron chi connectivity index (χ2n) is 4.49. The normalized spacial score (nSPS) is 10.2. The molecule has 0 aliphatic carbocycles. The molecule has 17 heavy (non-hydrogen) atoms. The molecule has 0 rings (SSSR count). The molecule has 0 unspecified atom stereocenters.